The van der Waals surface area contributed by atoms with Crippen LogP contribution < -0.4 is 19.6 Å². The van der Waals surface area contributed by atoms with Crippen molar-refractivity contribution < 1.29 is 24.3 Å². The molecule has 0 aliphatic carbocycles. The summed E-state index contributed by atoms with van der Waals surface area (Å²) in [6, 6.07) is 7.97. The van der Waals surface area contributed by atoms with Crippen LogP contribution in [0.25, 0.3) is 6.08 Å². The second-order valence-electron chi connectivity index (χ2n) is 8.30. The summed E-state index contributed by atoms with van der Waals surface area (Å²) < 4.78 is 13.3. The van der Waals surface area contributed by atoms with E-state index in [9.17, 15) is 24.8 Å². The van der Waals surface area contributed by atoms with Gasteiger partial charge in [-0.2, -0.15) is 0 Å². The number of hydrogen-bond acceptors (Lipinski definition) is 9. The molecule has 3 aromatic rings. The Morgan fingerprint density at radius 3 is 2.71 bits per heavy atom. The Balaban J connectivity index is 2.06. The normalized spacial score (nSPS) is 15.2. The van der Waals surface area contributed by atoms with Crippen LogP contribution >= 0.6 is 27.3 Å². The minimum absolute atomic E-state index is 0.111. The average molecular weight is 602 g/mol. The van der Waals surface area contributed by atoms with Crippen molar-refractivity contribution in [1.29, 1.82) is 0 Å². The lowest BCUT2D eigenvalue weighted by molar-refractivity contribution is -0.384. The first-order valence-corrected chi connectivity index (χ1v) is 13.3. The number of benzene rings is 2. The van der Waals surface area contributed by atoms with Crippen LogP contribution in [0, 0.1) is 10.1 Å². The first kappa shape index (κ1) is 27.3. The molecular formula is C26H24BrN3O7S. The summed E-state index contributed by atoms with van der Waals surface area (Å²) in [7, 11) is 1.50. The molecule has 0 amide bonds. The number of phenolic OH excluding ortho intramolecular Hbond substituents is 1. The number of esters is 1. The molecule has 1 N–H and O–H groups in total. The number of aromatic hydroxyl groups is 1. The van der Waals surface area contributed by atoms with Crippen LogP contribution in [0.4, 0.5) is 5.69 Å². The molecule has 12 heteroatoms. The summed E-state index contributed by atoms with van der Waals surface area (Å²) in [5.74, 6) is -0.341. The van der Waals surface area contributed by atoms with Crippen molar-refractivity contribution in [2.45, 2.75) is 32.7 Å². The van der Waals surface area contributed by atoms with Gasteiger partial charge in [0.05, 0.1) is 34.4 Å². The molecule has 4 rings (SSSR count). The number of rotatable bonds is 8. The van der Waals surface area contributed by atoms with E-state index < -0.39 is 22.5 Å². The fourth-order valence-electron chi connectivity index (χ4n) is 4.25. The number of carbonyl (C=O) groups excluding carboxylic acids is 1. The van der Waals surface area contributed by atoms with E-state index in [1.54, 1.807) is 25.1 Å². The van der Waals surface area contributed by atoms with Gasteiger partial charge in [-0.15, -0.1) is 0 Å². The van der Waals surface area contributed by atoms with Crippen molar-refractivity contribution in [1.82, 2.24) is 4.57 Å². The Morgan fingerprint density at radius 2 is 2.05 bits per heavy atom. The van der Waals surface area contributed by atoms with Crippen molar-refractivity contribution in [3.63, 3.8) is 0 Å². The van der Waals surface area contributed by atoms with Crippen molar-refractivity contribution in [2.24, 2.45) is 4.99 Å². The highest BCUT2D eigenvalue weighted by molar-refractivity contribution is 9.10. The lowest BCUT2D eigenvalue weighted by Gasteiger charge is -2.27. The number of allylic oxidation sites excluding steroid dienone is 1. The zero-order valence-corrected chi connectivity index (χ0v) is 23.2. The molecule has 0 saturated carbocycles. The summed E-state index contributed by atoms with van der Waals surface area (Å²) in [6.07, 6.45) is 2.55. The number of hydrogen-bond donors (Lipinski definition) is 1. The van der Waals surface area contributed by atoms with Gasteiger partial charge in [-0.05, 0) is 43.7 Å². The highest BCUT2D eigenvalue weighted by Crippen LogP contribution is 2.38. The minimum atomic E-state index is -0.903. The quantitative estimate of drug-likeness (QED) is 0.234. The number of ether oxygens (including phenoxy) is 2. The summed E-state index contributed by atoms with van der Waals surface area (Å²) in [4.78, 5) is 42.8. The third kappa shape index (κ3) is 5.14. The summed E-state index contributed by atoms with van der Waals surface area (Å²) in [6.45, 7) is 3.80. The number of nitrogens with zero attached hydrogens (tertiary/aromatic N) is 3. The molecule has 0 saturated heterocycles. The number of nitro groups is 1. The lowest BCUT2D eigenvalue weighted by Crippen LogP contribution is -2.40. The number of nitro benzene ring substituents is 1. The average Bonchev–Trinajstić information content (AvgIpc) is 3.19. The maximum atomic E-state index is 13.8. The number of thiazole rings is 1. The molecule has 0 spiro atoms. The van der Waals surface area contributed by atoms with Crippen LogP contribution in [0.15, 0.2) is 61.9 Å². The molecule has 38 heavy (non-hydrogen) atoms. The molecule has 0 fully saturated rings. The Kier molecular flexibility index (Phi) is 8.12. The smallest absolute Gasteiger partial charge is 0.338 e. The molecule has 1 aliphatic rings. The van der Waals surface area contributed by atoms with E-state index in [0.29, 0.717) is 39.1 Å². The van der Waals surface area contributed by atoms with E-state index in [-0.39, 0.29) is 33.7 Å². The van der Waals surface area contributed by atoms with E-state index in [0.717, 1.165) is 11.3 Å². The fraction of sp³-hybridized carbons (Fsp3) is 0.269. The fourth-order valence-corrected chi connectivity index (χ4v) is 5.64. The predicted octanol–water partition coefficient (Wildman–Crippen LogP) is 3.96. The third-order valence-corrected chi connectivity index (χ3v) is 7.36. The van der Waals surface area contributed by atoms with E-state index in [2.05, 4.69) is 20.9 Å². The molecule has 198 valence electrons. The van der Waals surface area contributed by atoms with Crippen LogP contribution in [0.3, 0.4) is 0 Å². The van der Waals surface area contributed by atoms with Crippen molar-refractivity contribution >= 4 is 45.0 Å². The molecule has 2 heterocycles. The lowest BCUT2D eigenvalue weighted by atomic mass is 9.93. The van der Waals surface area contributed by atoms with Gasteiger partial charge in [0.25, 0.3) is 11.2 Å². The monoisotopic (exact) mass is 601 g/mol. The number of fused-ring (bicyclic) bond motifs is 1. The van der Waals surface area contributed by atoms with Crippen molar-refractivity contribution in [2.75, 3.05) is 13.7 Å². The largest absolute Gasteiger partial charge is 0.507 e. The zero-order valence-electron chi connectivity index (χ0n) is 20.8. The second-order valence-corrected chi connectivity index (χ2v) is 10.2. The van der Waals surface area contributed by atoms with E-state index in [4.69, 9.17) is 9.47 Å². The predicted molar refractivity (Wildman–Crippen MR) is 145 cm³/mol. The maximum Gasteiger partial charge on any atom is 0.338 e. The van der Waals surface area contributed by atoms with Crippen LogP contribution in [-0.2, 0) is 9.53 Å². The molecule has 10 nitrogen and oxygen atoms in total. The summed E-state index contributed by atoms with van der Waals surface area (Å²) in [5.41, 5.74) is 0.697. The highest BCUT2D eigenvalue weighted by Gasteiger charge is 2.36. The van der Waals surface area contributed by atoms with Crippen LogP contribution in [0.1, 0.15) is 43.9 Å². The zero-order chi connectivity index (χ0) is 27.6. The van der Waals surface area contributed by atoms with E-state index in [1.807, 2.05) is 6.92 Å². The highest BCUT2D eigenvalue weighted by atomic mass is 79.9. The van der Waals surface area contributed by atoms with Gasteiger partial charge >= 0.3 is 5.97 Å². The molecule has 1 aromatic heterocycles. The Morgan fingerprint density at radius 1 is 1.29 bits per heavy atom. The molecule has 0 unspecified atom stereocenters. The van der Waals surface area contributed by atoms with Gasteiger partial charge in [0.1, 0.15) is 17.5 Å². The summed E-state index contributed by atoms with van der Waals surface area (Å²) >= 11 is 4.54. The number of phenols is 1. The van der Waals surface area contributed by atoms with Crippen molar-refractivity contribution in [3.8, 4) is 11.5 Å². The number of methoxy groups -OCH3 is 1. The van der Waals surface area contributed by atoms with Gasteiger partial charge in [-0.3, -0.25) is 19.5 Å². The number of halogens is 1. The molecule has 2 aromatic carbocycles. The van der Waals surface area contributed by atoms with Crippen molar-refractivity contribution in [3.05, 3.63) is 93.1 Å². The van der Waals surface area contributed by atoms with E-state index in [1.165, 1.54) is 36.0 Å². The van der Waals surface area contributed by atoms with Gasteiger partial charge in [0.2, 0.25) is 0 Å². The maximum absolute atomic E-state index is 13.8. The standard InChI is InChI=1S/C26H24BrN3O7S/c1-4-6-18-22(25(33)37-5-2)23(17-13-15(27)7-10-20(17)36-3)29-24(32)21(38-26(29)28-18)12-14-11-16(30(34)35)8-9-19(14)31/h7-13,23,31H,4-6H2,1-3H3/b21-12+/t23-/m0/s1. The van der Waals surface area contributed by atoms with Gasteiger partial charge in [-0.1, -0.05) is 40.6 Å². The third-order valence-electron chi connectivity index (χ3n) is 5.89. The topological polar surface area (TPSA) is 133 Å². The van der Waals surface area contributed by atoms with Crippen LogP contribution in [-0.4, -0.2) is 34.3 Å². The molecule has 1 aliphatic heterocycles. The Labute approximate surface area is 229 Å². The minimum Gasteiger partial charge on any atom is -0.507 e. The molecule has 0 radical (unpaired) electrons. The number of carbonyl (C=O) groups is 1. The van der Waals surface area contributed by atoms with Gasteiger partial charge in [-0.25, -0.2) is 9.79 Å². The first-order chi connectivity index (χ1) is 18.2. The number of aromatic nitrogens is 1. The molecular weight excluding hydrogens is 578 g/mol. The Bertz CT molecular complexity index is 1640. The second kappa shape index (κ2) is 11.3. The van der Waals surface area contributed by atoms with Gasteiger partial charge < -0.3 is 14.6 Å². The molecule has 0 bridgehead atoms. The van der Waals surface area contributed by atoms with Gasteiger partial charge in [0.15, 0.2) is 4.80 Å². The van der Waals surface area contributed by atoms with E-state index >= 15 is 0 Å². The SMILES string of the molecule is CCCC1=C(C(=O)OCC)[C@H](c2cc(Br)ccc2OC)n2c(s/c(=C/c3cc([N+](=O)[O-])ccc3O)c2=O)=N1. The van der Waals surface area contributed by atoms with Crippen LogP contribution in [0.2, 0.25) is 0 Å². The summed E-state index contributed by atoms with van der Waals surface area (Å²) in [5, 5.41) is 21.6. The number of non-ortho nitro benzene ring substituents is 1. The first-order valence-electron chi connectivity index (χ1n) is 11.7. The van der Waals surface area contributed by atoms with Crippen LogP contribution in [0.5, 0.6) is 11.5 Å². The Hall–Kier alpha value is -3.77. The molecule has 1 atom stereocenters. The van der Waals surface area contributed by atoms with Gasteiger partial charge in [0, 0.05) is 27.7 Å².